The smallest absolute Gasteiger partial charge is 0.479 e. The number of rotatable bonds is 12. The average molecular weight is 833 g/mol. The normalized spacial score (nSPS) is 26.5. The Hall–Kier alpha value is -6.29. The van der Waals surface area contributed by atoms with Crippen molar-refractivity contribution in [3.8, 4) is 11.8 Å². The lowest BCUT2D eigenvalue weighted by Gasteiger charge is -2.29. The lowest BCUT2D eigenvalue weighted by Crippen LogP contribution is -2.35. The number of benzene rings is 2. The monoisotopic (exact) mass is 832 g/mol. The van der Waals surface area contributed by atoms with Crippen LogP contribution in [-0.4, -0.2) is 106 Å². The number of nitrogen functional groups attached to an aromatic ring is 2. The third-order valence-electron chi connectivity index (χ3n) is 11.1. The van der Waals surface area contributed by atoms with Crippen LogP contribution in [-0.2, 0) is 32.2 Å². The highest BCUT2D eigenvalue weighted by molar-refractivity contribution is 5.78. The molecule has 316 valence electrons. The molecule has 60 heavy (non-hydrogen) atoms. The van der Waals surface area contributed by atoms with Crippen LogP contribution in [0.1, 0.15) is 60.4 Å². The molecule has 2 aliphatic heterocycles. The van der Waals surface area contributed by atoms with E-state index in [2.05, 4.69) is 29.9 Å². The molecular formula is C39H42F2N10O9. The Kier molecular flexibility index (Phi) is 10.6. The van der Waals surface area contributed by atoms with Crippen molar-refractivity contribution in [3.05, 3.63) is 83.4 Å². The molecule has 0 aliphatic carbocycles. The summed E-state index contributed by atoms with van der Waals surface area (Å²) in [6.45, 7) is 0.953. The molecule has 2 aliphatic rings. The number of aliphatic hydroxyl groups is 2. The Bertz CT molecular complexity index is 2380. The minimum absolute atomic E-state index is 0.0997. The Labute approximate surface area is 340 Å². The maximum absolute atomic E-state index is 17.2. The van der Waals surface area contributed by atoms with Gasteiger partial charge in [0.2, 0.25) is 23.7 Å². The number of ether oxygens (including phenoxy) is 6. The topological polar surface area (TPSA) is 252 Å². The Morgan fingerprint density at radius 3 is 1.50 bits per heavy atom. The molecular weight excluding hydrogens is 790 g/mol. The predicted octanol–water partition coefficient (Wildman–Crippen LogP) is 3.80. The van der Waals surface area contributed by atoms with Gasteiger partial charge in [-0.15, -0.1) is 0 Å². The van der Waals surface area contributed by atoms with E-state index in [9.17, 15) is 15.0 Å². The molecule has 21 heteroatoms. The van der Waals surface area contributed by atoms with E-state index in [-0.39, 0.29) is 59.2 Å². The Morgan fingerprint density at radius 1 is 0.717 bits per heavy atom. The van der Waals surface area contributed by atoms with Crippen molar-refractivity contribution in [2.24, 2.45) is 0 Å². The number of halogens is 2. The van der Waals surface area contributed by atoms with Gasteiger partial charge in [0.1, 0.15) is 13.2 Å². The SMILES string of the molecule is COc1nc(N)nc2c1ncn2C1OC(CO)C(c2ccccc2COC(=O)OCc2ccccc2C2C(CO)OC(n3cnc4c(OC)nc(N)nc43)C2(C)F)C1(C)F. The van der Waals surface area contributed by atoms with Crippen molar-refractivity contribution in [2.75, 3.05) is 38.9 Å². The fraction of sp³-hybridized carbons (Fsp3) is 0.410. The molecule has 8 unspecified atom stereocenters. The Morgan fingerprint density at radius 2 is 1.12 bits per heavy atom. The predicted molar refractivity (Wildman–Crippen MR) is 207 cm³/mol. The van der Waals surface area contributed by atoms with E-state index in [1.807, 2.05) is 0 Å². The lowest BCUT2D eigenvalue weighted by molar-refractivity contribution is -0.0565. The second-order valence-corrected chi connectivity index (χ2v) is 14.7. The van der Waals surface area contributed by atoms with Crippen LogP contribution in [0.5, 0.6) is 11.8 Å². The molecule has 6 heterocycles. The number of carbonyl (C=O) groups is 1. The number of hydrogen-bond acceptors (Lipinski definition) is 17. The van der Waals surface area contributed by atoms with Gasteiger partial charge in [-0.25, -0.2) is 23.5 Å². The summed E-state index contributed by atoms with van der Waals surface area (Å²) < 4.78 is 71.1. The summed E-state index contributed by atoms with van der Waals surface area (Å²) in [5, 5.41) is 20.8. The van der Waals surface area contributed by atoms with Crippen molar-refractivity contribution < 1.29 is 52.2 Å². The Balaban J connectivity index is 0.991. The van der Waals surface area contributed by atoms with Crippen LogP contribution in [0.15, 0.2) is 61.2 Å². The fourth-order valence-corrected chi connectivity index (χ4v) is 8.46. The van der Waals surface area contributed by atoms with Crippen LogP contribution in [0.2, 0.25) is 0 Å². The highest BCUT2D eigenvalue weighted by Gasteiger charge is 2.58. The number of imidazole rings is 2. The first-order valence-electron chi connectivity index (χ1n) is 18.8. The first-order chi connectivity index (χ1) is 28.8. The van der Waals surface area contributed by atoms with E-state index in [1.165, 1.54) is 49.9 Å². The highest BCUT2D eigenvalue weighted by atomic mass is 19.1. The van der Waals surface area contributed by atoms with Crippen LogP contribution in [0.3, 0.4) is 0 Å². The number of anilines is 2. The van der Waals surface area contributed by atoms with Crippen molar-refractivity contribution in [3.63, 3.8) is 0 Å². The summed E-state index contributed by atoms with van der Waals surface area (Å²) in [5.41, 5.74) is 9.96. The van der Waals surface area contributed by atoms with Crippen LogP contribution < -0.4 is 20.9 Å². The lowest BCUT2D eigenvalue weighted by atomic mass is 9.80. The zero-order valence-corrected chi connectivity index (χ0v) is 32.8. The molecule has 19 nitrogen and oxygen atoms in total. The molecule has 2 saturated heterocycles. The zero-order valence-electron chi connectivity index (χ0n) is 32.8. The number of methoxy groups -OCH3 is 2. The molecule has 0 saturated carbocycles. The molecule has 2 aromatic carbocycles. The third-order valence-corrected chi connectivity index (χ3v) is 11.1. The number of hydrogen-bond donors (Lipinski definition) is 4. The second-order valence-electron chi connectivity index (χ2n) is 14.7. The number of carbonyl (C=O) groups excluding carboxylic acids is 1. The molecule has 0 bridgehead atoms. The van der Waals surface area contributed by atoms with E-state index in [0.29, 0.717) is 22.3 Å². The maximum atomic E-state index is 17.2. The summed E-state index contributed by atoms with van der Waals surface area (Å²) in [5.74, 6) is -2.13. The number of alkyl halides is 2. The van der Waals surface area contributed by atoms with Gasteiger partial charge >= 0.3 is 6.16 Å². The van der Waals surface area contributed by atoms with Gasteiger partial charge in [0.25, 0.3) is 0 Å². The largest absolute Gasteiger partial charge is 0.508 e. The number of aliphatic hydroxyl groups excluding tert-OH is 2. The number of fused-ring (bicyclic) bond motifs is 2. The molecule has 6 aromatic rings. The quantitative estimate of drug-likeness (QED) is 0.128. The van der Waals surface area contributed by atoms with E-state index < -0.39 is 67.2 Å². The molecule has 8 rings (SSSR count). The first-order valence-corrected chi connectivity index (χ1v) is 18.8. The van der Waals surface area contributed by atoms with Crippen LogP contribution in [0.25, 0.3) is 22.3 Å². The van der Waals surface area contributed by atoms with Crippen LogP contribution in [0, 0.1) is 0 Å². The molecule has 8 atom stereocenters. The molecule has 6 N–H and O–H groups in total. The minimum atomic E-state index is -2.17. The number of aromatic nitrogens is 8. The van der Waals surface area contributed by atoms with Crippen molar-refractivity contribution in [2.45, 2.75) is 74.9 Å². The molecule has 0 amide bonds. The highest BCUT2D eigenvalue weighted by Crippen LogP contribution is 2.53. The van der Waals surface area contributed by atoms with Gasteiger partial charge in [-0.2, -0.15) is 19.9 Å². The zero-order chi connectivity index (χ0) is 42.5. The van der Waals surface area contributed by atoms with Crippen LogP contribution >= 0.6 is 0 Å². The molecule has 0 radical (unpaired) electrons. The molecule has 0 spiro atoms. The van der Waals surface area contributed by atoms with Crippen molar-refractivity contribution in [1.29, 1.82) is 0 Å². The standard InChI is InChI=1S/C39H42F2N10O9/c1-38(40)25(23(13-52)59-33(38)50-17-44-27-29(50)46-35(42)48-31(27)55-3)21-11-7-5-9-19(21)15-57-37(54)58-16-20-10-6-8-12-22(20)26-24(14-53)60-34(39(26,2)41)51-18-45-28-30(51)47-36(43)49-32(28)56-4/h5-12,17-18,23-26,33-34,52-53H,13-16H2,1-4H3,(H2,42,46,48)(H2,43,47,49). The second kappa shape index (κ2) is 15.7. The maximum Gasteiger partial charge on any atom is 0.508 e. The van der Waals surface area contributed by atoms with Crippen molar-refractivity contribution >= 4 is 40.4 Å². The summed E-state index contributed by atoms with van der Waals surface area (Å²) in [4.78, 5) is 38.3. The van der Waals surface area contributed by atoms with E-state index in [1.54, 1.807) is 48.5 Å². The van der Waals surface area contributed by atoms with Gasteiger partial charge in [0.05, 0.1) is 64.1 Å². The van der Waals surface area contributed by atoms with Crippen LogP contribution in [0.4, 0.5) is 25.5 Å². The van der Waals surface area contributed by atoms with Crippen molar-refractivity contribution in [1.82, 2.24) is 39.0 Å². The van der Waals surface area contributed by atoms with Gasteiger partial charge in [0.15, 0.2) is 46.1 Å². The summed E-state index contributed by atoms with van der Waals surface area (Å²) in [7, 11) is 2.78. The summed E-state index contributed by atoms with van der Waals surface area (Å²) >= 11 is 0. The van der Waals surface area contributed by atoms with Gasteiger partial charge in [-0.1, -0.05) is 48.5 Å². The number of nitrogens with two attached hydrogens (primary N) is 2. The van der Waals surface area contributed by atoms with Gasteiger partial charge in [0, 0.05) is 0 Å². The van der Waals surface area contributed by atoms with E-state index in [0.717, 1.165) is 0 Å². The average Bonchev–Trinajstić information content (AvgIpc) is 3.98. The van der Waals surface area contributed by atoms with E-state index >= 15 is 8.78 Å². The third kappa shape index (κ3) is 6.81. The van der Waals surface area contributed by atoms with E-state index in [4.69, 9.17) is 39.9 Å². The van der Waals surface area contributed by atoms with Gasteiger partial charge in [-0.3, -0.25) is 9.13 Å². The van der Waals surface area contributed by atoms with Gasteiger partial charge in [-0.05, 0) is 36.1 Å². The van der Waals surface area contributed by atoms with Gasteiger partial charge < -0.3 is 50.1 Å². The summed E-state index contributed by atoms with van der Waals surface area (Å²) in [6.07, 6.45) is -3.06. The first kappa shape index (κ1) is 40.5. The number of nitrogens with zero attached hydrogens (tertiary/aromatic N) is 8. The fourth-order valence-electron chi connectivity index (χ4n) is 8.46. The summed E-state index contributed by atoms with van der Waals surface area (Å²) in [6, 6.07) is 13.4. The molecule has 2 fully saturated rings. The minimum Gasteiger partial charge on any atom is -0.479 e. The molecule has 4 aromatic heterocycles.